The Morgan fingerprint density at radius 1 is 1.17 bits per heavy atom. The smallest absolute Gasteiger partial charge is 0 e. The molecule has 1 N–H and O–H groups in total. The minimum atomic E-state index is -5.86. The van der Waals surface area contributed by atoms with E-state index in [9.17, 15) is 0 Å². The molecule has 0 aromatic heterocycles. The molecule has 0 atom stereocenters. The van der Waals surface area contributed by atoms with E-state index in [1.165, 1.54) is 0 Å². The molecule has 0 rings (SSSR count). The zero-order valence-electron chi connectivity index (χ0n) is 2.63. The maximum absolute atomic E-state index is 8.75. The van der Waals surface area contributed by atoms with Gasteiger partial charge in [0.25, 0.3) is 0 Å². The van der Waals surface area contributed by atoms with Crippen LogP contribution >= 0.6 is 0 Å². The summed E-state index contributed by atoms with van der Waals surface area (Å²) in [5.74, 6) is 0. The fraction of sp³-hybridized carbons (Fsp3) is 0. The summed E-state index contributed by atoms with van der Waals surface area (Å²) in [5.41, 5.74) is 0. The van der Waals surface area contributed by atoms with Crippen molar-refractivity contribution in [1.82, 2.24) is 0 Å². The molecule has 0 heterocycles. The second-order valence-electron chi connectivity index (χ2n) is 0.396. The zero-order valence-corrected chi connectivity index (χ0v) is 9.83. The van der Waals surface area contributed by atoms with Crippen LogP contribution in [0.25, 0.3) is 0 Å². The normalized spacial score (nSPS) is 9.50. The third kappa shape index (κ3) is 86.2. The molecule has 0 saturated carbocycles. The fourth-order valence-electron chi connectivity index (χ4n) is 0. The van der Waals surface area contributed by atoms with E-state index in [2.05, 4.69) is 0 Å². The largest absolute Gasteiger partial charge is 0 e. The van der Waals surface area contributed by atoms with E-state index in [4.69, 9.17) is 14.2 Å². The van der Waals surface area contributed by atoms with Crippen molar-refractivity contribution in [2.24, 2.45) is 0 Å². The molecule has 1 radical (unpaired) electrons. The van der Waals surface area contributed by atoms with Crippen LogP contribution in [0.4, 0.5) is 0 Å². The van der Waals surface area contributed by atoms with E-state index in [0.717, 1.165) is 0 Å². The summed E-state index contributed by atoms with van der Waals surface area (Å²) >= 11 is -5.86. The first-order valence-corrected chi connectivity index (χ1v) is 5.17. The quantitative estimate of drug-likeness (QED) is 0.461. The van der Waals surface area contributed by atoms with Gasteiger partial charge in [0.05, 0.1) is 0 Å². The second-order valence-corrected chi connectivity index (χ2v) is 3.24. The minimum absolute atomic E-state index is 0. The molecular weight excluding hydrogens is 455 g/mol. The van der Waals surface area contributed by atoms with Crippen LogP contribution in [0, 0.1) is 0 Å². The van der Waals surface area contributed by atoms with Crippen LogP contribution in [-0.2, 0) is 26.2 Å². The molecule has 0 spiro atoms. The standard InChI is InChI=1S/H2O.3O.Re.Tl/h1H2;;;;;/q;;;;+1;/p-1. The van der Waals surface area contributed by atoms with Gasteiger partial charge in [-0.1, -0.05) is 0 Å². The Kier molecular flexibility index (Phi) is 5.04. The molecule has 0 amide bonds. The summed E-state index contributed by atoms with van der Waals surface area (Å²) in [6.07, 6.45) is 0. The Hall–Kier alpha value is 0.944. The Morgan fingerprint density at radius 2 is 1.17 bits per heavy atom. The van der Waals surface area contributed by atoms with Crippen molar-refractivity contribution in [2.45, 2.75) is 0 Å². The minimum Gasteiger partial charge on any atom is 0 e. The van der Waals surface area contributed by atoms with Gasteiger partial charge in [-0.05, 0) is 0 Å². The van der Waals surface area contributed by atoms with Crippen molar-refractivity contribution in [1.29, 1.82) is 0 Å². The van der Waals surface area contributed by atoms with E-state index < -0.39 is 15.8 Å². The number of rotatable bonds is 0. The molecule has 0 aliphatic rings. The van der Waals surface area contributed by atoms with Crippen molar-refractivity contribution in [3.8, 4) is 0 Å². The molecule has 6 heavy (non-hydrogen) atoms. The van der Waals surface area contributed by atoms with Gasteiger partial charge in [0, 0.05) is 27.3 Å². The van der Waals surface area contributed by atoms with E-state index in [-0.39, 0.29) is 27.3 Å². The number of hydrogen-bond donors (Lipinski definition) is 1. The predicted molar refractivity (Wildman–Crippen MR) is 10.0 cm³/mol. The van der Waals surface area contributed by atoms with Crippen LogP contribution in [0.3, 0.4) is 0 Å². The molecule has 0 fully saturated rings. The van der Waals surface area contributed by atoms with Gasteiger partial charge < -0.3 is 0 Å². The summed E-state index contributed by atoms with van der Waals surface area (Å²) in [6.45, 7) is 0. The van der Waals surface area contributed by atoms with Crippen molar-refractivity contribution in [3.05, 3.63) is 0 Å². The van der Waals surface area contributed by atoms with E-state index in [1.54, 1.807) is 0 Å². The molecule has 0 aliphatic heterocycles. The Morgan fingerprint density at radius 3 is 1.17 bits per heavy atom. The maximum atomic E-state index is 8.75. The monoisotopic (exact) mass is 457 g/mol. The van der Waals surface area contributed by atoms with Crippen molar-refractivity contribution < 1.29 is 30.0 Å². The van der Waals surface area contributed by atoms with E-state index in [1.807, 2.05) is 0 Å². The predicted octanol–water partition coefficient (Wildman–Crippen LogP) is -1.30. The molecule has 0 bridgehead atoms. The van der Waals surface area contributed by atoms with Crippen LogP contribution in [0.5, 0.6) is 0 Å². The van der Waals surface area contributed by atoms with Crippen LogP contribution in [0.1, 0.15) is 0 Å². The van der Waals surface area contributed by atoms with Crippen molar-refractivity contribution >= 4 is 27.3 Å². The molecular formula is HO4ReTl. The van der Waals surface area contributed by atoms with Gasteiger partial charge in [-0.25, -0.2) is 0 Å². The van der Waals surface area contributed by atoms with Crippen LogP contribution < -0.4 is 0 Å². The van der Waals surface area contributed by atoms with Gasteiger partial charge >= 0.3 is 30.0 Å². The van der Waals surface area contributed by atoms with Gasteiger partial charge in [0.1, 0.15) is 0 Å². The first-order valence-electron chi connectivity index (χ1n) is 0.632. The van der Waals surface area contributed by atoms with Crippen LogP contribution in [0.15, 0.2) is 0 Å². The van der Waals surface area contributed by atoms with E-state index >= 15 is 0 Å². The van der Waals surface area contributed by atoms with Gasteiger partial charge in [-0.15, -0.1) is 0 Å². The van der Waals surface area contributed by atoms with Crippen molar-refractivity contribution in [2.75, 3.05) is 0 Å². The van der Waals surface area contributed by atoms with Gasteiger partial charge in [0.15, 0.2) is 0 Å². The first kappa shape index (κ1) is 10.0. The van der Waals surface area contributed by atoms with Gasteiger partial charge in [-0.2, -0.15) is 0 Å². The van der Waals surface area contributed by atoms with Crippen molar-refractivity contribution in [3.63, 3.8) is 0 Å². The SMILES string of the molecule is [O]=[Re](=[O])(=[O])[OH].[Tl]. The zero-order chi connectivity index (χ0) is 4.50. The van der Waals surface area contributed by atoms with Gasteiger partial charge in [-0.3, -0.25) is 0 Å². The molecule has 0 aliphatic carbocycles. The summed E-state index contributed by atoms with van der Waals surface area (Å²) in [6, 6.07) is 0. The molecule has 0 unspecified atom stereocenters. The van der Waals surface area contributed by atoms with Crippen LogP contribution in [0.2, 0.25) is 0 Å². The Labute approximate surface area is 57.0 Å². The number of hydrogen-bond acceptors (Lipinski definition) is 3. The van der Waals surface area contributed by atoms with Crippen LogP contribution in [-0.4, -0.2) is 31.1 Å². The molecule has 0 saturated heterocycles. The topological polar surface area (TPSA) is 71.4 Å². The Balaban J connectivity index is 0. The maximum Gasteiger partial charge on any atom is 0 e. The Bertz CT molecular complexity index is 129. The molecule has 0 aromatic carbocycles. The van der Waals surface area contributed by atoms with Gasteiger partial charge in [0.2, 0.25) is 0 Å². The summed E-state index contributed by atoms with van der Waals surface area (Å²) < 4.78 is 33.3. The molecule has 0 aromatic rings. The third-order valence-corrected chi connectivity index (χ3v) is 0. The summed E-state index contributed by atoms with van der Waals surface area (Å²) in [4.78, 5) is 0. The molecule has 6 heteroatoms. The molecule has 4 nitrogen and oxygen atoms in total. The molecule has 35 valence electrons. The average molecular weight is 456 g/mol. The average Bonchev–Trinajstić information content (AvgIpc) is 0.722. The van der Waals surface area contributed by atoms with E-state index in [0.29, 0.717) is 0 Å². The fourth-order valence-corrected chi connectivity index (χ4v) is 0. The third-order valence-electron chi connectivity index (χ3n) is 0. The summed E-state index contributed by atoms with van der Waals surface area (Å²) in [7, 11) is 0. The first-order chi connectivity index (χ1) is 2.00. The summed E-state index contributed by atoms with van der Waals surface area (Å²) in [5, 5.41) is 0. The second kappa shape index (κ2) is 3.01.